The van der Waals surface area contributed by atoms with Gasteiger partial charge in [-0.3, -0.25) is 4.79 Å². The summed E-state index contributed by atoms with van der Waals surface area (Å²) < 4.78 is 5.17. The molecule has 0 N–H and O–H groups in total. The highest BCUT2D eigenvalue weighted by atomic mass is 32.1. The minimum absolute atomic E-state index is 0.246. The smallest absolute Gasteiger partial charge is 0.282 e. The van der Waals surface area contributed by atoms with E-state index in [1.165, 1.54) is 11.3 Å². The lowest BCUT2D eigenvalue weighted by Gasteiger charge is -2.21. The van der Waals surface area contributed by atoms with E-state index in [0.717, 1.165) is 11.4 Å². The molecule has 0 aliphatic heterocycles. The van der Waals surface area contributed by atoms with Crippen molar-refractivity contribution in [2.45, 2.75) is 6.92 Å². The number of nitrogens with zero attached hydrogens (tertiary/aromatic N) is 3. The number of hydrogen-bond acceptors (Lipinski definition) is 6. The van der Waals surface area contributed by atoms with Crippen LogP contribution in [0.15, 0.2) is 47.4 Å². The Hall–Kier alpha value is -2.47. The van der Waals surface area contributed by atoms with E-state index in [0.29, 0.717) is 21.9 Å². The van der Waals surface area contributed by atoms with E-state index in [1.807, 2.05) is 36.1 Å². The molecule has 5 nitrogen and oxygen atoms in total. The summed E-state index contributed by atoms with van der Waals surface area (Å²) >= 11 is 1.41. The van der Waals surface area contributed by atoms with Gasteiger partial charge in [0, 0.05) is 18.4 Å². The number of anilines is 2. The Labute approximate surface area is 131 Å². The molecule has 0 radical (unpaired) electrons. The van der Waals surface area contributed by atoms with Crippen LogP contribution in [0, 0.1) is 0 Å². The fraction of sp³-hybridized carbons (Fsp3) is 0.188. The zero-order chi connectivity index (χ0) is 15.5. The maximum atomic E-state index is 12.2. The quantitative estimate of drug-likeness (QED) is 0.740. The molecule has 0 unspecified atom stereocenters. The highest BCUT2D eigenvalue weighted by molar-refractivity contribution is 7.21. The molecule has 0 aliphatic carbocycles. The predicted molar refractivity (Wildman–Crippen MR) is 89.4 cm³/mol. The van der Waals surface area contributed by atoms with Gasteiger partial charge in [0.05, 0.1) is 12.5 Å². The van der Waals surface area contributed by atoms with E-state index < -0.39 is 0 Å². The number of methoxy groups -OCH3 is 1. The molecule has 0 fully saturated rings. The average Bonchev–Trinajstić information content (AvgIpc) is 2.56. The number of benzene rings is 1. The summed E-state index contributed by atoms with van der Waals surface area (Å²) in [5.74, 6) is 0.793. The van der Waals surface area contributed by atoms with Gasteiger partial charge in [-0.05, 0) is 43.3 Å². The first kappa shape index (κ1) is 14.5. The molecular formula is C16H15N3O2S. The molecule has 0 bridgehead atoms. The summed E-state index contributed by atoms with van der Waals surface area (Å²) in [6.07, 6.45) is 1.69. The zero-order valence-electron chi connectivity index (χ0n) is 12.3. The second kappa shape index (κ2) is 6.11. The normalized spacial score (nSPS) is 10.6. The summed E-state index contributed by atoms with van der Waals surface area (Å²) in [6.45, 7) is 2.72. The van der Waals surface area contributed by atoms with Crippen molar-refractivity contribution < 1.29 is 4.74 Å². The van der Waals surface area contributed by atoms with Crippen LogP contribution in [0.25, 0.3) is 10.2 Å². The first-order chi connectivity index (χ1) is 10.7. The molecule has 22 heavy (non-hydrogen) atoms. The molecule has 3 rings (SSSR count). The summed E-state index contributed by atoms with van der Waals surface area (Å²) in [5, 5.41) is 1.20. The van der Waals surface area contributed by atoms with Crippen LogP contribution in [-0.4, -0.2) is 23.6 Å². The molecule has 0 saturated heterocycles. The van der Waals surface area contributed by atoms with Gasteiger partial charge in [-0.1, -0.05) is 11.3 Å². The summed E-state index contributed by atoms with van der Waals surface area (Å²) in [5.41, 5.74) is 0.713. The van der Waals surface area contributed by atoms with Crippen LogP contribution in [0.3, 0.4) is 0 Å². The number of hydrogen-bond donors (Lipinski definition) is 0. The predicted octanol–water partition coefficient (Wildman–Crippen LogP) is 3.22. The van der Waals surface area contributed by atoms with E-state index in [-0.39, 0.29) is 5.56 Å². The molecule has 112 valence electrons. The fourth-order valence-corrected chi connectivity index (χ4v) is 3.22. The van der Waals surface area contributed by atoms with Crippen molar-refractivity contribution in [1.82, 2.24) is 9.97 Å². The molecule has 2 heterocycles. The number of ether oxygens (including phenoxy) is 1. The summed E-state index contributed by atoms with van der Waals surface area (Å²) in [4.78, 5) is 23.3. The molecule has 0 saturated carbocycles. The average molecular weight is 313 g/mol. The third kappa shape index (κ3) is 2.65. The number of rotatable bonds is 4. The zero-order valence-corrected chi connectivity index (χ0v) is 13.1. The monoisotopic (exact) mass is 313 g/mol. The molecule has 0 aliphatic rings. The van der Waals surface area contributed by atoms with E-state index in [2.05, 4.69) is 9.97 Å². The second-order valence-electron chi connectivity index (χ2n) is 4.60. The van der Waals surface area contributed by atoms with Crippen molar-refractivity contribution in [2.24, 2.45) is 0 Å². The fourth-order valence-electron chi connectivity index (χ4n) is 2.20. The Kier molecular flexibility index (Phi) is 4.02. The molecular weight excluding hydrogens is 298 g/mol. The molecule has 6 heteroatoms. The standard InChI is InChI=1S/C16H15N3O2S/c1-3-19(11-6-8-12(21-2)9-7-11)16-18-14(20)13-5-4-10-17-15(13)22-16/h4-10H,3H2,1-2H3. The van der Waals surface area contributed by atoms with Gasteiger partial charge in [0.1, 0.15) is 10.6 Å². The van der Waals surface area contributed by atoms with Crippen molar-refractivity contribution in [3.63, 3.8) is 0 Å². The van der Waals surface area contributed by atoms with E-state index >= 15 is 0 Å². The van der Waals surface area contributed by atoms with E-state index in [9.17, 15) is 4.79 Å². The third-order valence-corrected chi connectivity index (χ3v) is 4.33. The first-order valence-electron chi connectivity index (χ1n) is 6.90. The molecule has 0 amide bonds. The van der Waals surface area contributed by atoms with Crippen molar-refractivity contribution >= 4 is 32.4 Å². The highest BCUT2D eigenvalue weighted by Crippen LogP contribution is 2.29. The minimum atomic E-state index is -0.246. The first-order valence-corrected chi connectivity index (χ1v) is 7.72. The van der Waals surface area contributed by atoms with Gasteiger partial charge in [-0.2, -0.15) is 4.98 Å². The minimum Gasteiger partial charge on any atom is -0.497 e. The largest absolute Gasteiger partial charge is 0.497 e. The second-order valence-corrected chi connectivity index (χ2v) is 5.56. The molecule has 1 aromatic carbocycles. The third-order valence-electron chi connectivity index (χ3n) is 3.32. The van der Waals surface area contributed by atoms with Gasteiger partial charge in [0.25, 0.3) is 5.56 Å². The summed E-state index contributed by atoms with van der Waals surface area (Å²) in [7, 11) is 1.63. The SMILES string of the molecule is CCN(c1ccc(OC)cc1)c1nc(=O)c2cccnc2s1. The molecule has 0 spiro atoms. The summed E-state index contributed by atoms with van der Waals surface area (Å²) in [6, 6.07) is 11.2. The Morgan fingerprint density at radius 3 is 2.68 bits per heavy atom. The van der Waals surface area contributed by atoms with Crippen molar-refractivity contribution in [1.29, 1.82) is 0 Å². The van der Waals surface area contributed by atoms with Crippen molar-refractivity contribution in [3.05, 3.63) is 52.9 Å². The van der Waals surface area contributed by atoms with Crippen molar-refractivity contribution in [3.8, 4) is 5.75 Å². The lowest BCUT2D eigenvalue weighted by molar-refractivity contribution is 0.415. The van der Waals surface area contributed by atoms with Gasteiger partial charge < -0.3 is 9.64 Å². The molecule has 3 aromatic rings. The number of fused-ring (bicyclic) bond motifs is 1. The molecule has 2 aromatic heterocycles. The van der Waals surface area contributed by atoms with Crippen LogP contribution >= 0.6 is 11.3 Å². The van der Waals surface area contributed by atoms with Gasteiger partial charge in [-0.25, -0.2) is 4.98 Å². The maximum Gasteiger partial charge on any atom is 0.282 e. The molecule has 0 atom stereocenters. The number of aromatic nitrogens is 2. The van der Waals surface area contributed by atoms with E-state index in [1.54, 1.807) is 25.4 Å². The van der Waals surface area contributed by atoms with Crippen LogP contribution in [-0.2, 0) is 0 Å². The topological polar surface area (TPSA) is 55.3 Å². The van der Waals surface area contributed by atoms with Crippen molar-refractivity contribution in [2.75, 3.05) is 18.6 Å². The van der Waals surface area contributed by atoms with Gasteiger partial charge in [-0.15, -0.1) is 0 Å². The Balaban J connectivity index is 2.08. The van der Waals surface area contributed by atoms with Gasteiger partial charge in [0.15, 0.2) is 5.13 Å². The van der Waals surface area contributed by atoms with Crippen LogP contribution < -0.4 is 15.2 Å². The number of pyridine rings is 1. The Morgan fingerprint density at radius 1 is 1.23 bits per heavy atom. The Bertz CT molecular complexity index is 846. The lowest BCUT2D eigenvalue weighted by Crippen LogP contribution is -2.20. The van der Waals surface area contributed by atoms with Crippen LogP contribution in [0.2, 0.25) is 0 Å². The lowest BCUT2D eigenvalue weighted by atomic mass is 10.3. The highest BCUT2D eigenvalue weighted by Gasteiger charge is 2.13. The van der Waals surface area contributed by atoms with Crippen LogP contribution in [0.4, 0.5) is 10.8 Å². The van der Waals surface area contributed by atoms with Crippen LogP contribution in [0.1, 0.15) is 6.92 Å². The maximum absolute atomic E-state index is 12.2. The van der Waals surface area contributed by atoms with Gasteiger partial charge in [0.2, 0.25) is 0 Å². The van der Waals surface area contributed by atoms with Crippen LogP contribution in [0.5, 0.6) is 5.75 Å². The Morgan fingerprint density at radius 2 is 2.00 bits per heavy atom. The van der Waals surface area contributed by atoms with E-state index in [4.69, 9.17) is 4.74 Å². The van der Waals surface area contributed by atoms with Gasteiger partial charge >= 0.3 is 0 Å².